The second-order valence-electron chi connectivity index (χ2n) is 6.94. The van der Waals surface area contributed by atoms with Gasteiger partial charge < -0.3 is 4.84 Å². The first-order valence-corrected chi connectivity index (χ1v) is 10.9. The Labute approximate surface area is 158 Å². The summed E-state index contributed by atoms with van der Waals surface area (Å²) < 4.78 is 23.4. The summed E-state index contributed by atoms with van der Waals surface area (Å²) in [6.45, 7) is -0.198. The van der Waals surface area contributed by atoms with Gasteiger partial charge in [0.1, 0.15) is 6.61 Å². The van der Waals surface area contributed by atoms with Crippen LogP contribution in [-0.2, 0) is 21.3 Å². The molecule has 3 rings (SSSR count). The number of aromatic amines is 1. The molecule has 1 aromatic heterocycles. The first-order chi connectivity index (χ1) is 12.9. The normalized spacial score (nSPS) is 16.0. The molecule has 0 spiro atoms. The van der Waals surface area contributed by atoms with Crippen LogP contribution in [0.4, 0.5) is 0 Å². The van der Waals surface area contributed by atoms with Crippen LogP contribution in [0.1, 0.15) is 55.7 Å². The van der Waals surface area contributed by atoms with Crippen LogP contribution in [0, 0.1) is 10.1 Å². The Morgan fingerprint density at radius 2 is 1.81 bits per heavy atom. The van der Waals surface area contributed by atoms with Gasteiger partial charge in [-0.3, -0.25) is 5.10 Å². The third-order valence-electron chi connectivity index (χ3n) is 5.02. The van der Waals surface area contributed by atoms with Gasteiger partial charge in [-0.25, -0.2) is 8.42 Å². The fourth-order valence-electron chi connectivity index (χ4n) is 3.71. The fraction of sp³-hybridized carbons (Fsp3) is 0.500. The predicted octanol–water partition coefficient (Wildman–Crippen LogP) is 3.63. The van der Waals surface area contributed by atoms with E-state index in [1.54, 1.807) is 24.3 Å². The lowest BCUT2D eigenvalue weighted by Gasteiger charge is -2.17. The van der Waals surface area contributed by atoms with Gasteiger partial charge in [-0.1, -0.05) is 37.8 Å². The zero-order chi connectivity index (χ0) is 19.4. The summed E-state index contributed by atoms with van der Waals surface area (Å²) in [5, 5.41) is 17.1. The molecule has 146 valence electrons. The summed E-state index contributed by atoms with van der Waals surface area (Å²) in [6.07, 6.45) is 7.76. The molecular formula is C18H23N3O5S. The Morgan fingerprint density at radius 1 is 1.19 bits per heavy atom. The fourth-order valence-corrected chi connectivity index (χ4v) is 4.34. The number of hydrogen-bond donors (Lipinski definition) is 1. The van der Waals surface area contributed by atoms with Crippen LogP contribution in [0.25, 0.3) is 11.3 Å². The van der Waals surface area contributed by atoms with Gasteiger partial charge in [-0.2, -0.15) is 5.10 Å². The summed E-state index contributed by atoms with van der Waals surface area (Å²) in [5.41, 5.74) is 3.08. The van der Waals surface area contributed by atoms with E-state index in [1.807, 2.05) is 0 Å². The van der Waals surface area contributed by atoms with Gasteiger partial charge in [-0.05, 0) is 36.5 Å². The average Bonchev–Trinajstić information content (AvgIpc) is 2.85. The van der Waals surface area contributed by atoms with Gasteiger partial charge >= 0.3 is 0 Å². The van der Waals surface area contributed by atoms with E-state index in [9.17, 15) is 18.5 Å². The molecule has 1 fully saturated rings. The molecule has 1 aliphatic rings. The predicted molar refractivity (Wildman–Crippen MR) is 99.4 cm³/mol. The van der Waals surface area contributed by atoms with Crippen molar-refractivity contribution >= 4 is 9.84 Å². The monoisotopic (exact) mass is 393 g/mol. The quantitative estimate of drug-likeness (QED) is 0.455. The summed E-state index contributed by atoms with van der Waals surface area (Å²) in [4.78, 5) is 15.4. The number of aromatic nitrogens is 2. The highest BCUT2D eigenvalue weighted by atomic mass is 32.2. The summed E-state index contributed by atoms with van der Waals surface area (Å²) in [7, 11) is -3.27. The number of nitrogens with zero attached hydrogens (tertiary/aromatic N) is 2. The standard InChI is InChI=1S/C18H23N3O5S/c1-27(24,25)15-10-8-14(9-11-15)18-17(13-6-4-2-3-5-7-13)16(19-20-18)12-26-21(22)23/h8-11,13H,2-7,12H2,1H3,(H,19,20). The van der Waals surface area contributed by atoms with Crippen LogP contribution in [-0.4, -0.2) is 30.0 Å². The number of hydrogen-bond acceptors (Lipinski definition) is 6. The Bertz CT molecular complexity index is 898. The molecule has 8 nitrogen and oxygen atoms in total. The second-order valence-corrected chi connectivity index (χ2v) is 8.96. The maximum atomic E-state index is 11.7. The highest BCUT2D eigenvalue weighted by Gasteiger charge is 2.25. The third kappa shape index (κ3) is 4.65. The number of sulfone groups is 1. The minimum absolute atomic E-state index is 0.198. The zero-order valence-corrected chi connectivity index (χ0v) is 16.0. The summed E-state index contributed by atoms with van der Waals surface area (Å²) >= 11 is 0. The smallest absolute Gasteiger partial charge is 0.294 e. The van der Waals surface area contributed by atoms with E-state index in [1.165, 1.54) is 19.1 Å². The van der Waals surface area contributed by atoms with Crippen molar-refractivity contribution in [1.82, 2.24) is 10.2 Å². The second kappa shape index (κ2) is 8.08. The Balaban J connectivity index is 1.99. The van der Waals surface area contributed by atoms with E-state index < -0.39 is 14.9 Å². The minimum Gasteiger partial charge on any atom is -0.307 e. The van der Waals surface area contributed by atoms with Gasteiger partial charge in [0.05, 0.1) is 16.3 Å². The Hall–Kier alpha value is -2.42. The highest BCUT2D eigenvalue weighted by molar-refractivity contribution is 7.90. The largest absolute Gasteiger partial charge is 0.307 e. The average molecular weight is 393 g/mol. The maximum absolute atomic E-state index is 11.7. The Morgan fingerprint density at radius 3 is 2.37 bits per heavy atom. The number of nitrogens with one attached hydrogen (secondary N) is 1. The molecule has 1 saturated carbocycles. The van der Waals surface area contributed by atoms with E-state index in [-0.39, 0.29) is 17.4 Å². The van der Waals surface area contributed by atoms with Crippen LogP contribution in [0.3, 0.4) is 0 Å². The molecule has 9 heteroatoms. The van der Waals surface area contributed by atoms with Gasteiger partial charge in [0.2, 0.25) is 0 Å². The maximum Gasteiger partial charge on any atom is 0.294 e. The van der Waals surface area contributed by atoms with Crippen LogP contribution in [0.15, 0.2) is 29.2 Å². The van der Waals surface area contributed by atoms with Crippen molar-refractivity contribution < 1.29 is 18.3 Å². The van der Waals surface area contributed by atoms with Crippen LogP contribution in [0.5, 0.6) is 0 Å². The summed E-state index contributed by atoms with van der Waals surface area (Å²) in [5.74, 6) is 0.251. The van der Waals surface area contributed by atoms with Crippen LogP contribution < -0.4 is 0 Å². The van der Waals surface area contributed by atoms with E-state index >= 15 is 0 Å². The lowest BCUT2D eigenvalue weighted by atomic mass is 9.88. The van der Waals surface area contributed by atoms with E-state index in [0.717, 1.165) is 42.5 Å². The molecule has 2 aromatic rings. The third-order valence-corrected chi connectivity index (χ3v) is 6.15. The number of rotatable bonds is 6. The van der Waals surface area contributed by atoms with E-state index in [4.69, 9.17) is 0 Å². The molecule has 1 aromatic carbocycles. The molecule has 0 saturated heterocycles. The van der Waals surface area contributed by atoms with E-state index in [0.29, 0.717) is 5.69 Å². The first-order valence-electron chi connectivity index (χ1n) is 9.01. The minimum atomic E-state index is -3.27. The van der Waals surface area contributed by atoms with Gasteiger partial charge in [0, 0.05) is 11.8 Å². The van der Waals surface area contributed by atoms with Crippen molar-refractivity contribution in [3.05, 3.63) is 45.6 Å². The van der Waals surface area contributed by atoms with E-state index in [2.05, 4.69) is 15.0 Å². The van der Waals surface area contributed by atoms with Crippen molar-refractivity contribution in [2.24, 2.45) is 0 Å². The molecule has 1 heterocycles. The molecule has 0 unspecified atom stereocenters. The lowest BCUT2D eigenvalue weighted by molar-refractivity contribution is -0.763. The molecule has 1 aliphatic carbocycles. The molecule has 0 aliphatic heterocycles. The molecule has 0 bridgehead atoms. The van der Waals surface area contributed by atoms with Crippen molar-refractivity contribution in [1.29, 1.82) is 0 Å². The highest BCUT2D eigenvalue weighted by Crippen LogP contribution is 2.38. The van der Waals surface area contributed by atoms with Crippen molar-refractivity contribution in [3.8, 4) is 11.3 Å². The van der Waals surface area contributed by atoms with Crippen LogP contribution >= 0.6 is 0 Å². The molecule has 0 radical (unpaired) electrons. The van der Waals surface area contributed by atoms with Crippen molar-refractivity contribution in [3.63, 3.8) is 0 Å². The molecule has 1 N–H and O–H groups in total. The topological polar surface area (TPSA) is 115 Å². The molecule has 0 amide bonds. The molecular weight excluding hydrogens is 370 g/mol. The SMILES string of the molecule is CS(=O)(=O)c1ccc(-c2[nH]nc(CO[N+](=O)[O-])c2C2CCCCCC2)cc1. The summed E-state index contributed by atoms with van der Waals surface area (Å²) in [6, 6.07) is 6.61. The Kier molecular flexibility index (Phi) is 5.79. The first kappa shape index (κ1) is 19.3. The molecule has 27 heavy (non-hydrogen) atoms. The molecule has 0 atom stereocenters. The zero-order valence-electron chi connectivity index (χ0n) is 15.2. The van der Waals surface area contributed by atoms with Gasteiger partial charge in [0.25, 0.3) is 5.09 Å². The van der Waals surface area contributed by atoms with Crippen molar-refractivity contribution in [2.75, 3.05) is 6.26 Å². The number of benzene rings is 1. The van der Waals surface area contributed by atoms with Gasteiger partial charge in [-0.15, -0.1) is 10.1 Å². The van der Waals surface area contributed by atoms with Crippen molar-refractivity contribution in [2.45, 2.75) is 55.9 Å². The van der Waals surface area contributed by atoms with Crippen LogP contribution in [0.2, 0.25) is 0 Å². The van der Waals surface area contributed by atoms with Gasteiger partial charge in [0.15, 0.2) is 9.84 Å². The lowest BCUT2D eigenvalue weighted by Crippen LogP contribution is -2.06. The number of H-pyrrole nitrogens is 1.